The lowest BCUT2D eigenvalue weighted by Gasteiger charge is -2.30. The molecule has 0 radical (unpaired) electrons. The number of fused-ring (bicyclic) bond motifs is 1. The van der Waals surface area contributed by atoms with E-state index in [4.69, 9.17) is 4.74 Å². The first kappa shape index (κ1) is 13.2. The van der Waals surface area contributed by atoms with Gasteiger partial charge in [-0.15, -0.1) is 0 Å². The van der Waals surface area contributed by atoms with Gasteiger partial charge in [0, 0.05) is 5.92 Å². The van der Waals surface area contributed by atoms with Gasteiger partial charge in [0.25, 0.3) is 0 Å². The summed E-state index contributed by atoms with van der Waals surface area (Å²) >= 11 is 0. The maximum Gasteiger partial charge on any atom is 0.123 e. The Hall–Kier alpha value is -1.83. The van der Waals surface area contributed by atoms with E-state index < -0.39 is 0 Å². The summed E-state index contributed by atoms with van der Waals surface area (Å²) in [6, 6.07) is 13.4. The number of hydrogen-bond acceptors (Lipinski definition) is 1. The van der Waals surface area contributed by atoms with E-state index in [1.54, 1.807) is 19.2 Å². The van der Waals surface area contributed by atoms with Crippen molar-refractivity contribution in [2.24, 2.45) is 0 Å². The normalized spacial score (nSPS) is 21.4. The second kappa shape index (κ2) is 5.28. The monoisotopic (exact) mass is 270 g/mol. The SMILES string of the molecule is COc1ccc(C2CCC(C)c3ccc(F)cc32)cc1. The van der Waals surface area contributed by atoms with Gasteiger partial charge >= 0.3 is 0 Å². The molecule has 0 fully saturated rings. The summed E-state index contributed by atoms with van der Waals surface area (Å²) in [5.74, 6) is 1.52. The molecule has 1 nitrogen and oxygen atoms in total. The molecule has 2 aromatic rings. The van der Waals surface area contributed by atoms with Crippen LogP contribution >= 0.6 is 0 Å². The van der Waals surface area contributed by atoms with Crippen LogP contribution in [0.4, 0.5) is 4.39 Å². The van der Waals surface area contributed by atoms with Gasteiger partial charge in [-0.2, -0.15) is 0 Å². The van der Waals surface area contributed by atoms with Gasteiger partial charge in [-0.05, 0) is 59.7 Å². The maximum atomic E-state index is 13.6. The van der Waals surface area contributed by atoms with Crippen LogP contribution in [0, 0.1) is 5.82 Å². The van der Waals surface area contributed by atoms with Crippen LogP contribution in [0.3, 0.4) is 0 Å². The number of halogens is 1. The Bertz CT molecular complexity index is 603. The van der Waals surface area contributed by atoms with Crippen LogP contribution in [-0.2, 0) is 0 Å². The molecule has 0 amide bonds. The molecule has 0 bridgehead atoms. The fraction of sp³-hybridized carbons (Fsp3) is 0.333. The zero-order valence-electron chi connectivity index (χ0n) is 11.9. The minimum Gasteiger partial charge on any atom is -0.497 e. The van der Waals surface area contributed by atoms with E-state index in [9.17, 15) is 4.39 Å². The molecule has 1 aliphatic rings. The lowest BCUT2D eigenvalue weighted by Crippen LogP contribution is -2.14. The molecule has 0 N–H and O–H groups in total. The van der Waals surface area contributed by atoms with Gasteiger partial charge in [0.05, 0.1) is 7.11 Å². The molecule has 0 saturated heterocycles. The molecular formula is C18H19FO. The predicted molar refractivity (Wildman–Crippen MR) is 78.9 cm³/mol. The topological polar surface area (TPSA) is 9.23 Å². The Kier molecular flexibility index (Phi) is 3.47. The molecule has 2 heteroatoms. The molecule has 0 aliphatic heterocycles. The molecule has 20 heavy (non-hydrogen) atoms. The minimum absolute atomic E-state index is 0.142. The standard InChI is InChI=1S/C18H19FO/c1-12-3-9-17(13-4-7-15(20-2)8-5-13)18-11-14(19)6-10-16(12)18/h4-8,10-12,17H,3,9H2,1-2H3. The highest BCUT2D eigenvalue weighted by molar-refractivity contribution is 5.43. The van der Waals surface area contributed by atoms with E-state index in [1.807, 2.05) is 18.2 Å². The summed E-state index contributed by atoms with van der Waals surface area (Å²) < 4.78 is 18.8. The van der Waals surface area contributed by atoms with Crippen molar-refractivity contribution in [3.63, 3.8) is 0 Å². The summed E-state index contributed by atoms with van der Waals surface area (Å²) in [7, 11) is 1.67. The molecule has 0 heterocycles. The molecule has 2 unspecified atom stereocenters. The van der Waals surface area contributed by atoms with Crippen LogP contribution in [0.5, 0.6) is 5.75 Å². The largest absolute Gasteiger partial charge is 0.497 e. The molecule has 1 aliphatic carbocycles. The smallest absolute Gasteiger partial charge is 0.123 e. The number of rotatable bonds is 2. The van der Waals surface area contributed by atoms with Crippen LogP contribution in [0.1, 0.15) is 48.3 Å². The minimum atomic E-state index is -0.142. The second-order valence-corrected chi connectivity index (χ2v) is 5.58. The van der Waals surface area contributed by atoms with Crippen molar-refractivity contribution in [2.45, 2.75) is 31.6 Å². The lowest BCUT2D eigenvalue weighted by molar-refractivity contribution is 0.414. The predicted octanol–water partition coefficient (Wildman–Crippen LogP) is 4.86. The summed E-state index contributed by atoms with van der Waals surface area (Å²) in [5.41, 5.74) is 3.68. The summed E-state index contributed by atoms with van der Waals surface area (Å²) in [6.45, 7) is 2.22. The van der Waals surface area contributed by atoms with E-state index in [1.165, 1.54) is 11.1 Å². The summed E-state index contributed by atoms with van der Waals surface area (Å²) in [5, 5.41) is 0. The average molecular weight is 270 g/mol. The Balaban J connectivity index is 2.02. The van der Waals surface area contributed by atoms with Crippen LogP contribution < -0.4 is 4.74 Å². The van der Waals surface area contributed by atoms with E-state index in [2.05, 4.69) is 19.1 Å². The Morgan fingerprint density at radius 3 is 2.45 bits per heavy atom. The van der Waals surface area contributed by atoms with Crippen molar-refractivity contribution >= 4 is 0 Å². The Labute approximate surface area is 119 Å². The van der Waals surface area contributed by atoms with Crippen molar-refractivity contribution in [1.82, 2.24) is 0 Å². The Morgan fingerprint density at radius 1 is 1.00 bits per heavy atom. The highest BCUT2D eigenvalue weighted by Gasteiger charge is 2.26. The van der Waals surface area contributed by atoms with Gasteiger partial charge < -0.3 is 4.74 Å². The molecule has 2 atom stereocenters. The third-order valence-electron chi connectivity index (χ3n) is 4.36. The molecule has 3 rings (SSSR count). The van der Waals surface area contributed by atoms with Crippen molar-refractivity contribution in [3.05, 3.63) is 65.0 Å². The highest BCUT2D eigenvalue weighted by atomic mass is 19.1. The first-order valence-electron chi connectivity index (χ1n) is 7.12. The molecule has 2 aromatic carbocycles. The quantitative estimate of drug-likeness (QED) is 0.757. The van der Waals surface area contributed by atoms with Gasteiger partial charge in [-0.1, -0.05) is 25.1 Å². The molecule has 0 aromatic heterocycles. The van der Waals surface area contributed by atoms with Crippen molar-refractivity contribution in [2.75, 3.05) is 7.11 Å². The van der Waals surface area contributed by atoms with Crippen LogP contribution in [0.25, 0.3) is 0 Å². The first-order chi connectivity index (χ1) is 9.69. The van der Waals surface area contributed by atoms with E-state index in [-0.39, 0.29) is 5.82 Å². The second-order valence-electron chi connectivity index (χ2n) is 5.58. The summed E-state index contributed by atoms with van der Waals surface area (Å²) in [4.78, 5) is 0. The van der Waals surface area contributed by atoms with Gasteiger partial charge in [0.15, 0.2) is 0 Å². The third-order valence-corrected chi connectivity index (χ3v) is 4.36. The summed E-state index contributed by atoms with van der Waals surface area (Å²) in [6.07, 6.45) is 2.22. The molecular weight excluding hydrogens is 251 g/mol. The van der Waals surface area contributed by atoms with Gasteiger partial charge in [-0.3, -0.25) is 0 Å². The fourth-order valence-electron chi connectivity index (χ4n) is 3.21. The third kappa shape index (κ3) is 2.31. The van der Waals surface area contributed by atoms with Crippen molar-refractivity contribution in [3.8, 4) is 5.75 Å². The van der Waals surface area contributed by atoms with Gasteiger partial charge in [0.2, 0.25) is 0 Å². The van der Waals surface area contributed by atoms with Crippen LogP contribution in [0.15, 0.2) is 42.5 Å². The number of hydrogen-bond donors (Lipinski definition) is 0. The molecule has 0 saturated carbocycles. The number of ether oxygens (including phenoxy) is 1. The van der Waals surface area contributed by atoms with Crippen molar-refractivity contribution < 1.29 is 9.13 Å². The zero-order chi connectivity index (χ0) is 14.1. The maximum absolute atomic E-state index is 13.6. The van der Waals surface area contributed by atoms with Gasteiger partial charge in [0.1, 0.15) is 11.6 Å². The number of benzene rings is 2. The fourth-order valence-corrected chi connectivity index (χ4v) is 3.21. The number of methoxy groups -OCH3 is 1. The van der Waals surface area contributed by atoms with Crippen LogP contribution in [0.2, 0.25) is 0 Å². The van der Waals surface area contributed by atoms with Gasteiger partial charge in [-0.25, -0.2) is 4.39 Å². The lowest BCUT2D eigenvalue weighted by atomic mass is 9.74. The van der Waals surface area contributed by atoms with Crippen molar-refractivity contribution in [1.29, 1.82) is 0 Å². The molecule has 104 valence electrons. The van der Waals surface area contributed by atoms with E-state index >= 15 is 0 Å². The average Bonchev–Trinajstić information content (AvgIpc) is 2.48. The van der Waals surface area contributed by atoms with E-state index in [0.717, 1.165) is 24.2 Å². The van der Waals surface area contributed by atoms with E-state index in [0.29, 0.717) is 11.8 Å². The highest BCUT2D eigenvalue weighted by Crippen LogP contribution is 2.42. The first-order valence-corrected chi connectivity index (χ1v) is 7.12. The van der Waals surface area contributed by atoms with Crippen LogP contribution in [-0.4, -0.2) is 7.11 Å². The molecule has 0 spiro atoms. The zero-order valence-corrected chi connectivity index (χ0v) is 11.9. The Morgan fingerprint density at radius 2 is 1.75 bits per heavy atom.